The maximum absolute atomic E-state index is 14.2. The number of rotatable bonds is 5. The van der Waals surface area contributed by atoms with Crippen molar-refractivity contribution in [2.45, 2.75) is 19.5 Å². The van der Waals surface area contributed by atoms with Gasteiger partial charge < -0.3 is 10.2 Å². The van der Waals surface area contributed by atoms with Crippen molar-refractivity contribution in [1.29, 1.82) is 5.26 Å². The van der Waals surface area contributed by atoms with Crippen LogP contribution in [0.2, 0.25) is 5.02 Å². The van der Waals surface area contributed by atoms with Gasteiger partial charge in [0.25, 0.3) is 0 Å². The molecule has 1 atom stereocenters. The summed E-state index contributed by atoms with van der Waals surface area (Å²) in [5.41, 5.74) is 1.68. The molecule has 0 aliphatic carbocycles. The zero-order valence-electron chi connectivity index (χ0n) is 15.7. The Kier molecular flexibility index (Phi) is 6.50. The van der Waals surface area contributed by atoms with Crippen molar-refractivity contribution in [2.75, 3.05) is 31.1 Å². The van der Waals surface area contributed by atoms with E-state index in [-0.39, 0.29) is 11.9 Å². The first-order valence-corrected chi connectivity index (χ1v) is 9.57. The summed E-state index contributed by atoms with van der Waals surface area (Å²) in [5.74, 6) is -0.448. The lowest BCUT2D eigenvalue weighted by Crippen LogP contribution is -2.54. The van der Waals surface area contributed by atoms with E-state index < -0.39 is 5.82 Å². The predicted octanol–water partition coefficient (Wildman–Crippen LogP) is 3.18. The number of benzene rings is 2. The Hall–Kier alpha value is -2.62. The Balaban J connectivity index is 1.53. The summed E-state index contributed by atoms with van der Waals surface area (Å²) in [4.78, 5) is 16.5. The minimum Gasteiger partial charge on any atom is -0.367 e. The van der Waals surface area contributed by atoms with Gasteiger partial charge in [-0.3, -0.25) is 9.69 Å². The first-order chi connectivity index (χ1) is 13.5. The van der Waals surface area contributed by atoms with E-state index in [1.807, 2.05) is 36.1 Å². The monoisotopic (exact) mass is 400 g/mol. The Morgan fingerprint density at radius 1 is 1.25 bits per heavy atom. The molecule has 1 unspecified atom stereocenters. The van der Waals surface area contributed by atoms with Crippen molar-refractivity contribution < 1.29 is 9.18 Å². The molecule has 0 radical (unpaired) electrons. The third-order valence-corrected chi connectivity index (χ3v) is 5.44. The van der Waals surface area contributed by atoms with E-state index >= 15 is 0 Å². The topological polar surface area (TPSA) is 59.4 Å². The van der Waals surface area contributed by atoms with Crippen LogP contribution in [-0.2, 0) is 11.3 Å². The molecule has 2 aromatic carbocycles. The van der Waals surface area contributed by atoms with Crippen molar-refractivity contribution in [3.05, 3.63) is 64.4 Å². The summed E-state index contributed by atoms with van der Waals surface area (Å²) in [7, 11) is 0. The lowest BCUT2D eigenvalue weighted by atomic mass is 10.1. The number of nitrogens with zero attached hydrogens (tertiary/aromatic N) is 3. The van der Waals surface area contributed by atoms with Gasteiger partial charge in [0.1, 0.15) is 5.82 Å². The number of carbonyl (C=O) groups is 1. The fourth-order valence-corrected chi connectivity index (χ4v) is 3.52. The van der Waals surface area contributed by atoms with Crippen molar-refractivity contribution in [3.63, 3.8) is 0 Å². The summed E-state index contributed by atoms with van der Waals surface area (Å²) in [5, 5.41) is 12.4. The van der Waals surface area contributed by atoms with Crippen LogP contribution in [0.4, 0.5) is 10.1 Å². The van der Waals surface area contributed by atoms with Gasteiger partial charge >= 0.3 is 0 Å². The van der Waals surface area contributed by atoms with Gasteiger partial charge in [0.05, 0.1) is 23.4 Å². The van der Waals surface area contributed by atoms with Gasteiger partial charge in [-0.25, -0.2) is 4.39 Å². The first-order valence-electron chi connectivity index (χ1n) is 9.19. The fraction of sp³-hybridized carbons (Fsp3) is 0.333. The van der Waals surface area contributed by atoms with Crippen LogP contribution in [0.3, 0.4) is 0 Å². The van der Waals surface area contributed by atoms with E-state index in [1.165, 1.54) is 6.07 Å². The van der Waals surface area contributed by atoms with E-state index in [1.54, 1.807) is 18.2 Å². The average molecular weight is 401 g/mol. The van der Waals surface area contributed by atoms with Gasteiger partial charge in [-0.1, -0.05) is 29.8 Å². The lowest BCUT2D eigenvalue weighted by Gasteiger charge is -2.38. The van der Waals surface area contributed by atoms with Gasteiger partial charge in [-0.15, -0.1) is 0 Å². The Bertz CT molecular complexity index is 890. The van der Waals surface area contributed by atoms with Crippen LogP contribution in [0.25, 0.3) is 0 Å². The summed E-state index contributed by atoms with van der Waals surface area (Å²) < 4.78 is 14.2. The molecule has 0 saturated carbocycles. The average Bonchev–Trinajstić information content (AvgIpc) is 2.72. The smallest absolute Gasteiger partial charge is 0.237 e. The lowest BCUT2D eigenvalue weighted by molar-refractivity contribution is -0.126. The maximum atomic E-state index is 14.2. The maximum Gasteiger partial charge on any atom is 0.237 e. The van der Waals surface area contributed by atoms with Gasteiger partial charge in [-0.05, 0) is 36.8 Å². The second-order valence-electron chi connectivity index (χ2n) is 6.79. The Morgan fingerprint density at radius 2 is 1.96 bits per heavy atom. The quantitative estimate of drug-likeness (QED) is 0.837. The highest BCUT2D eigenvalue weighted by molar-refractivity contribution is 6.31. The molecule has 1 aliphatic rings. The van der Waals surface area contributed by atoms with Crippen LogP contribution in [-0.4, -0.2) is 43.0 Å². The molecule has 5 nitrogen and oxygen atoms in total. The summed E-state index contributed by atoms with van der Waals surface area (Å²) in [6, 6.07) is 13.6. The van der Waals surface area contributed by atoms with Crippen LogP contribution in [0, 0.1) is 17.1 Å². The number of anilines is 1. The number of halogens is 2. The van der Waals surface area contributed by atoms with Crippen LogP contribution in [0.15, 0.2) is 42.5 Å². The number of hydrogen-bond donors (Lipinski definition) is 1. The Labute approximate surface area is 169 Å². The van der Waals surface area contributed by atoms with Crippen molar-refractivity contribution in [1.82, 2.24) is 10.2 Å². The van der Waals surface area contributed by atoms with Gasteiger partial charge in [0, 0.05) is 37.7 Å². The molecule has 146 valence electrons. The molecule has 7 heteroatoms. The summed E-state index contributed by atoms with van der Waals surface area (Å²) in [6.07, 6.45) is 0. The number of carbonyl (C=O) groups excluding carboxylic acids is 1. The molecule has 0 spiro atoms. The summed E-state index contributed by atoms with van der Waals surface area (Å²) in [6.45, 7) is 4.80. The zero-order chi connectivity index (χ0) is 20.1. The number of piperazine rings is 1. The molecule has 0 aromatic heterocycles. The van der Waals surface area contributed by atoms with E-state index in [0.717, 1.165) is 5.56 Å². The standard InChI is InChI=1S/C21H22ClFN4O/c1-15(21(28)25-14-17-4-2-3-5-18(17)22)26-8-10-27(11-9-26)20-7-6-16(13-24)12-19(20)23/h2-7,12,15H,8-11,14H2,1H3,(H,25,28). The minimum absolute atomic E-state index is 0.0575. The van der Waals surface area contributed by atoms with Crippen LogP contribution in [0.1, 0.15) is 18.1 Å². The van der Waals surface area contributed by atoms with Crippen LogP contribution in [0.5, 0.6) is 0 Å². The second-order valence-corrected chi connectivity index (χ2v) is 7.19. The number of nitrogens with one attached hydrogen (secondary N) is 1. The number of hydrogen-bond acceptors (Lipinski definition) is 4. The van der Waals surface area contributed by atoms with Crippen molar-refractivity contribution >= 4 is 23.2 Å². The van der Waals surface area contributed by atoms with E-state index in [9.17, 15) is 9.18 Å². The van der Waals surface area contributed by atoms with Crippen molar-refractivity contribution in [2.24, 2.45) is 0 Å². The largest absolute Gasteiger partial charge is 0.367 e. The van der Waals surface area contributed by atoms with E-state index in [4.69, 9.17) is 16.9 Å². The highest BCUT2D eigenvalue weighted by Crippen LogP contribution is 2.22. The molecular formula is C21H22ClFN4O. The molecule has 0 bridgehead atoms. The molecular weight excluding hydrogens is 379 g/mol. The SMILES string of the molecule is CC(C(=O)NCc1ccccc1Cl)N1CCN(c2ccc(C#N)cc2F)CC1. The zero-order valence-corrected chi connectivity index (χ0v) is 16.4. The van der Waals surface area contributed by atoms with Gasteiger partial charge in [0.2, 0.25) is 5.91 Å². The van der Waals surface area contributed by atoms with Crippen LogP contribution >= 0.6 is 11.6 Å². The molecule has 1 fully saturated rings. The fourth-order valence-electron chi connectivity index (χ4n) is 3.32. The highest BCUT2D eigenvalue weighted by Gasteiger charge is 2.26. The predicted molar refractivity (Wildman–Crippen MR) is 108 cm³/mol. The van der Waals surface area contributed by atoms with Gasteiger partial charge in [0.15, 0.2) is 0 Å². The first kappa shape index (κ1) is 20.1. The Morgan fingerprint density at radius 3 is 2.61 bits per heavy atom. The van der Waals surface area contributed by atoms with Crippen molar-refractivity contribution in [3.8, 4) is 6.07 Å². The third-order valence-electron chi connectivity index (χ3n) is 5.07. The second kappa shape index (κ2) is 9.05. The van der Waals surface area contributed by atoms with Crippen LogP contribution < -0.4 is 10.2 Å². The summed E-state index contributed by atoms with van der Waals surface area (Å²) >= 11 is 6.13. The molecule has 3 rings (SSSR count). The van der Waals surface area contributed by atoms with Gasteiger partial charge in [-0.2, -0.15) is 5.26 Å². The molecule has 1 aliphatic heterocycles. The molecule has 2 aromatic rings. The molecule has 1 N–H and O–H groups in total. The van der Waals surface area contributed by atoms with E-state index in [2.05, 4.69) is 10.2 Å². The van der Waals surface area contributed by atoms with E-state index in [0.29, 0.717) is 49.0 Å². The number of nitriles is 1. The third kappa shape index (κ3) is 4.61. The molecule has 1 heterocycles. The highest BCUT2D eigenvalue weighted by atomic mass is 35.5. The molecule has 1 saturated heterocycles. The molecule has 28 heavy (non-hydrogen) atoms. The normalized spacial score (nSPS) is 15.7. The number of amides is 1. The molecule has 1 amide bonds. The minimum atomic E-state index is -0.391.